The van der Waals surface area contributed by atoms with Crippen LogP contribution in [0.2, 0.25) is 0 Å². The molecular formula is H10BK3O8. The van der Waals surface area contributed by atoms with E-state index in [1.54, 1.807) is 0 Å². The van der Waals surface area contributed by atoms with Crippen molar-refractivity contribution in [2.45, 2.75) is 0 Å². The molecule has 0 saturated carbocycles. The van der Waals surface area contributed by atoms with Gasteiger partial charge in [0.2, 0.25) is 0 Å². The van der Waals surface area contributed by atoms with E-state index in [1.165, 1.54) is 0 Å². The van der Waals surface area contributed by atoms with Crippen molar-refractivity contribution in [1.82, 2.24) is 0 Å². The zero-order chi connectivity index (χ0) is 3.58. The van der Waals surface area contributed by atoms with E-state index >= 15 is 0 Å². The molecule has 12 heavy (non-hydrogen) atoms. The van der Waals surface area contributed by atoms with E-state index in [0.29, 0.717) is 0 Å². The normalized spacial score (nSPS) is 2.25. The molecule has 12 heteroatoms. The Kier molecular flexibility index (Phi) is 333. The Morgan fingerprint density at radius 1 is 0.500 bits per heavy atom. The summed E-state index contributed by atoms with van der Waals surface area (Å²) in [7, 11) is -2.92. The molecule has 0 heterocycles. The summed E-state index contributed by atoms with van der Waals surface area (Å²) in [5.74, 6) is 0. The summed E-state index contributed by atoms with van der Waals surface area (Å²) in [6, 6.07) is 0. The van der Waals surface area contributed by atoms with Gasteiger partial charge in [-0.15, -0.1) is 0 Å². The average molecular weight is 266 g/mol. The van der Waals surface area contributed by atoms with Gasteiger partial charge in [-0.3, -0.25) is 7.32 Å². The van der Waals surface area contributed by atoms with Crippen LogP contribution in [0.15, 0.2) is 0 Å². The molecule has 0 bridgehead atoms. The summed E-state index contributed by atoms with van der Waals surface area (Å²) in [6.07, 6.45) is 0. The number of hydrogen-bond donors (Lipinski definition) is 0. The van der Waals surface area contributed by atoms with Crippen LogP contribution >= 0.6 is 0 Å². The van der Waals surface area contributed by atoms with Gasteiger partial charge in [0, 0.05) is 0 Å². The fourth-order valence-electron chi connectivity index (χ4n) is 0. The van der Waals surface area contributed by atoms with Crippen LogP contribution in [0.3, 0.4) is 0 Å². The van der Waals surface area contributed by atoms with Gasteiger partial charge in [0.25, 0.3) is 0 Å². The van der Waals surface area contributed by atoms with Crippen LogP contribution in [0.1, 0.15) is 0 Å². The first-order chi connectivity index (χ1) is 1.73. The predicted octanol–water partition coefficient (Wildman–Crippen LogP) is -17.1. The molecule has 0 radical (unpaired) electrons. The van der Waals surface area contributed by atoms with E-state index < -0.39 is 7.32 Å². The zero-order valence-corrected chi connectivity index (χ0v) is 16.7. The molecule has 0 rings (SSSR count). The van der Waals surface area contributed by atoms with E-state index in [0.717, 1.165) is 0 Å². The quantitative estimate of drug-likeness (QED) is 0.389. The molecule has 0 saturated heterocycles. The molecule has 0 unspecified atom stereocenters. The summed E-state index contributed by atoms with van der Waals surface area (Å²) in [4.78, 5) is 0. The van der Waals surface area contributed by atoms with Gasteiger partial charge in [-0.25, -0.2) is 0 Å². The molecule has 0 fully saturated rings. The van der Waals surface area contributed by atoms with Crippen molar-refractivity contribution >= 4 is 7.32 Å². The molecule has 10 N–H and O–H groups in total. The summed E-state index contributed by atoms with van der Waals surface area (Å²) in [5, 5.41) is 25.2. The van der Waals surface area contributed by atoms with Crippen LogP contribution in [0.25, 0.3) is 0 Å². The van der Waals surface area contributed by atoms with Gasteiger partial charge >= 0.3 is 154 Å². The topological polar surface area (TPSA) is 227 Å². The van der Waals surface area contributed by atoms with Gasteiger partial charge in [-0.05, 0) is 0 Å². The Bertz CT molecular complexity index is 19.0. The SMILES string of the molecule is O.O.O.O.O.[K+].[K+].[K+].[O-]B([O-])[O-]. The fourth-order valence-corrected chi connectivity index (χ4v) is 0. The van der Waals surface area contributed by atoms with Crippen molar-refractivity contribution in [2.24, 2.45) is 0 Å². The number of hydrogen-bond acceptors (Lipinski definition) is 3. The van der Waals surface area contributed by atoms with Gasteiger partial charge in [0.15, 0.2) is 0 Å². The van der Waals surface area contributed by atoms with Crippen molar-refractivity contribution in [3.05, 3.63) is 0 Å². The Morgan fingerprint density at radius 2 is 0.500 bits per heavy atom. The first-order valence-corrected chi connectivity index (χ1v) is 0.707. The third-order valence-corrected chi connectivity index (χ3v) is 0. The van der Waals surface area contributed by atoms with Crippen molar-refractivity contribution in [3.8, 4) is 0 Å². The molecule has 0 atom stereocenters. The smallest absolute Gasteiger partial charge is 0.907 e. The van der Waals surface area contributed by atoms with E-state index in [4.69, 9.17) is 15.1 Å². The predicted molar refractivity (Wildman–Crippen MR) is 23.8 cm³/mol. The fraction of sp³-hybridized carbons (Fsp3) is 0. The molecule has 8 nitrogen and oxygen atoms in total. The second-order valence-corrected chi connectivity index (χ2v) is 0.289. The van der Waals surface area contributed by atoms with Gasteiger partial charge < -0.3 is 42.5 Å². The van der Waals surface area contributed by atoms with Crippen LogP contribution in [-0.4, -0.2) is 34.7 Å². The van der Waals surface area contributed by atoms with Crippen molar-refractivity contribution in [2.75, 3.05) is 0 Å². The summed E-state index contributed by atoms with van der Waals surface area (Å²) >= 11 is 0. The summed E-state index contributed by atoms with van der Waals surface area (Å²) in [5.41, 5.74) is 0. The largest absolute Gasteiger partial charge is 1.00 e. The molecule has 0 aliphatic heterocycles. The standard InChI is InChI=1S/BO3.3K.5H2O/c2-1(3)4;;;;;;;;/h;;;;5*1H2/q-3;3*+1;;;;;. The van der Waals surface area contributed by atoms with Gasteiger partial charge in [-0.1, -0.05) is 0 Å². The van der Waals surface area contributed by atoms with Crippen molar-refractivity contribution in [1.29, 1.82) is 0 Å². The second-order valence-electron chi connectivity index (χ2n) is 0.289. The minimum absolute atomic E-state index is 0. The minimum atomic E-state index is -2.92. The molecule has 0 spiro atoms. The van der Waals surface area contributed by atoms with E-state index in [9.17, 15) is 0 Å². The molecule has 0 aromatic rings. The third-order valence-electron chi connectivity index (χ3n) is 0. The van der Waals surface area contributed by atoms with Crippen LogP contribution in [0.4, 0.5) is 0 Å². The molecular weight excluding hydrogens is 256 g/mol. The molecule has 0 aliphatic carbocycles. The van der Waals surface area contributed by atoms with E-state index in [2.05, 4.69) is 0 Å². The van der Waals surface area contributed by atoms with Crippen LogP contribution < -0.4 is 169 Å². The number of rotatable bonds is 0. The average Bonchev–Trinajstić information content (AvgIpc) is 0.811. The van der Waals surface area contributed by atoms with Crippen LogP contribution in [-0.2, 0) is 0 Å². The molecule has 0 aromatic heterocycles. The van der Waals surface area contributed by atoms with Gasteiger partial charge in [0.1, 0.15) is 0 Å². The monoisotopic (exact) mass is 266 g/mol. The Balaban J connectivity index is -0.00000000161. The molecule has 0 amide bonds. The molecule has 64 valence electrons. The third kappa shape index (κ3) is 126. The molecule has 0 aromatic carbocycles. The van der Waals surface area contributed by atoms with E-state index in [-0.39, 0.29) is 182 Å². The van der Waals surface area contributed by atoms with Gasteiger partial charge in [0.05, 0.1) is 0 Å². The maximum absolute atomic E-state index is 8.42. The first kappa shape index (κ1) is 69.7. The van der Waals surface area contributed by atoms with Crippen molar-refractivity contribution < 1.29 is 197 Å². The molecule has 0 aliphatic rings. The maximum atomic E-state index is 8.42. The maximum Gasteiger partial charge on any atom is 1.00 e. The first-order valence-electron chi connectivity index (χ1n) is 0.707. The Labute approximate surface area is 198 Å². The van der Waals surface area contributed by atoms with E-state index in [1.807, 2.05) is 0 Å². The Morgan fingerprint density at radius 3 is 0.500 bits per heavy atom. The summed E-state index contributed by atoms with van der Waals surface area (Å²) < 4.78 is 0. The zero-order valence-electron chi connectivity index (χ0n) is 7.30. The van der Waals surface area contributed by atoms with Crippen LogP contribution in [0, 0.1) is 0 Å². The van der Waals surface area contributed by atoms with Crippen LogP contribution in [0.5, 0.6) is 0 Å². The second kappa shape index (κ2) is 57.4. The van der Waals surface area contributed by atoms with Crippen molar-refractivity contribution in [3.63, 3.8) is 0 Å². The van der Waals surface area contributed by atoms with Gasteiger partial charge in [-0.2, -0.15) is 0 Å². The minimum Gasteiger partial charge on any atom is -0.907 e. The Hall–Kier alpha value is 4.65. The summed E-state index contributed by atoms with van der Waals surface area (Å²) in [6.45, 7) is 0.